The molecule has 7 rings (SSSR count). The quantitative estimate of drug-likeness (QED) is 0.475. The second-order valence-electron chi connectivity index (χ2n) is 15.3. The van der Waals surface area contributed by atoms with Crippen LogP contribution in [-0.2, 0) is 14.3 Å². The molecule has 0 aromatic carbocycles. The normalized spacial score (nSPS) is 60.3. The van der Waals surface area contributed by atoms with E-state index in [1.165, 1.54) is 5.57 Å². The van der Waals surface area contributed by atoms with Gasteiger partial charge in [0.2, 0.25) is 0 Å². The van der Waals surface area contributed by atoms with Gasteiger partial charge in [0.25, 0.3) is 0 Å². The minimum atomic E-state index is -1.25. The highest BCUT2D eigenvalue weighted by molar-refractivity contribution is 5.86. The van der Waals surface area contributed by atoms with Gasteiger partial charge in [0.05, 0.1) is 17.8 Å². The second kappa shape index (κ2) is 6.33. The second-order valence-corrected chi connectivity index (χ2v) is 15.3. The minimum absolute atomic E-state index is 0.0200. The van der Waals surface area contributed by atoms with Crippen molar-refractivity contribution in [2.75, 3.05) is 0 Å². The number of hydrogen-bond acceptors (Lipinski definition) is 6. The van der Waals surface area contributed by atoms with Gasteiger partial charge in [0.15, 0.2) is 5.79 Å². The zero-order valence-corrected chi connectivity index (χ0v) is 22.9. The maximum absolute atomic E-state index is 12.9. The van der Waals surface area contributed by atoms with Crippen LogP contribution < -0.4 is 0 Å². The number of aliphatic hydroxyl groups excluding tert-OH is 2. The third kappa shape index (κ3) is 2.20. The summed E-state index contributed by atoms with van der Waals surface area (Å²) < 4.78 is 13.4. The van der Waals surface area contributed by atoms with Crippen molar-refractivity contribution in [3.05, 3.63) is 11.6 Å². The van der Waals surface area contributed by atoms with E-state index in [-0.39, 0.29) is 40.1 Å². The van der Waals surface area contributed by atoms with Crippen LogP contribution in [0.25, 0.3) is 0 Å². The summed E-state index contributed by atoms with van der Waals surface area (Å²) in [5.74, 6) is -0.641. The molecule has 6 fully saturated rings. The summed E-state index contributed by atoms with van der Waals surface area (Å²) in [6.45, 7) is 14.3. The molecule has 7 aliphatic rings. The number of allylic oxidation sites excluding steroid dienone is 1. The van der Waals surface area contributed by atoms with E-state index < -0.39 is 40.5 Å². The van der Waals surface area contributed by atoms with Crippen LogP contribution in [0.2, 0.25) is 0 Å². The van der Waals surface area contributed by atoms with E-state index in [1.807, 2.05) is 0 Å². The van der Waals surface area contributed by atoms with Gasteiger partial charge in [-0.3, -0.25) is 4.79 Å². The van der Waals surface area contributed by atoms with Crippen molar-refractivity contribution in [1.29, 1.82) is 0 Å². The topological polar surface area (TPSA) is 96.2 Å². The van der Waals surface area contributed by atoms with Gasteiger partial charge in [0, 0.05) is 34.0 Å². The first-order valence-corrected chi connectivity index (χ1v) is 14.2. The van der Waals surface area contributed by atoms with E-state index in [2.05, 4.69) is 40.7 Å². The number of Topliss-reactive ketones (excluding diaryl/α,β-unsaturated/α-hetero) is 1. The Balaban J connectivity index is 1.40. The molecule has 6 heteroatoms. The van der Waals surface area contributed by atoms with E-state index in [0.717, 1.165) is 25.7 Å². The summed E-state index contributed by atoms with van der Waals surface area (Å²) in [5, 5.41) is 35.5. The van der Waals surface area contributed by atoms with Gasteiger partial charge in [-0.15, -0.1) is 0 Å². The Labute approximate surface area is 214 Å². The first kappa shape index (κ1) is 24.3. The maximum Gasteiger partial charge on any atom is 0.200 e. The Kier molecular flexibility index (Phi) is 4.27. The fraction of sp³-hybridized carbons (Fsp3) is 0.900. The standard InChI is InChI=1S/C30H44O6/c1-15-12-16-22(25(4,5)34)36-30(35-16)21(15)27(7)20(32)13-29-14-28(29)11-10-19(31)24(2,3)17(28)8-9-18(29)26(27,6)23(30)33/h9,15-17,20-23,32-34H,8,10-14H2,1-7H3. The SMILES string of the molecule is CC1CC2OC3(OC2C(C)(C)O)C(O)C2(C)C4=CCC5C(C)(C)C(=O)CCC56CC46CC(O)C2(C)C13. The molecular formula is C30H44O6. The predicted octanol–water partition coefficient (Wildman–Crippen LogP) is 3.76. The van der Waals surface area contributed by atoms with Crippen molar-refractivity contribution >= 4 is 5.78 Å². The van der Waals surface area contributed by atoms with Crippen molar-refractivity contribution in [1.82, 2.24) is 0 Å². The summed E-state index contributed by atoms with van der Waals surface area (Å²) in [5.41, 5.74) is -1.71. The van der Waals surface area contributed by atoms with E-state index in [0.29, 0.717) is 18.6 Å². The average molecular weight is 501 g/mol. The Morgan fingerprint density at radius 1 is 1.11 bits per heavy atom. The summed E-state index contributed by atoms with van der Waals surface area (Å²) in [7, 11) is 0. The zero-order valence-electron chi connectivity index (χ0n) is 22.9. The molecule has 0 amide bonds. The van der Waals surface area contributed by atoms with Crippen LogP contribution >= 0.6 is 0 Å². The van der Waals surface area contributed by atoms with Crippen molar-refractivity contribution in [2.24, 2.45) is 44.8 Å². The van der Waals surface area contributed by atoms with Crippen molar-refractivity contribution in [3.8, 4) is 0 Å². The molecule has 3 spiro atoms. The van der Waals surface area contributed by atoms with Gasteiger partial charge < -0.3 is 24.8 Å². The van der Waals surface area contributed by atoms with Crippen LogP contribution in [0.4, 0.5) is 0 Å². The van der Waals surface area contributed by atoms with Gasteiger partial charge >= 0.3 is 0 Å². The van der Waals surface area contributed by atoms with E-state index in [4.69, 9.17) is 9.47 Å². The summed E-state index contributed by atoms with van der Waals surface area (Å²) in [6.07, 6.45) is 4.70. The molecule has 2 bridgehead atoms. The number of aliphatic hydroxyl groups is 3. The van der Waals surface area contributed by atoms with Crippen molar-refractivity contribution < 1.29 is 29.6 Å². The van der Waals surface area contributed by atoms with Crippen LogP contribution in [-0.4, -0.2) is 56.9 Å². The van der Waals surface area contributed by atoms with E-state index in [9.17, 15) is 20.1 Å². The third-order valence-electron chi connectivity index (χ3n) is 13.3. The molecule has 200 valence electrons. The first-order valence-electron chi connectivity index (χ1n) is 14.2. The van der Waals surface area contributed by atoms with Gasteiger partial charge in [-0.2, -0.15) is 0 Å². The zero-order chi connectivity index (χ0) is 26.1. The predicted molar refractivity (Wildman–Crippen MR) is 133 cm³/mol. The summed E-state index contributed by atoms with van der Waals surface area (Å²) in [6, 6.07) is 0. The van der Waals surface area contributed by atoms with Crippen molar-refractivity contribution in [3.63, 3.8) is 0 Å². The average Bonchev–Trinajstić information content (AvgIpc) is 3.27. The maximum atomic E-state index is 12.9. The minimum Gasteiger partial charge on any atom is -0.392 e. The molecule has 2 aliphatic heterocycles. The molecule has 36 heavy (non-hydrogen) atoms. The Morgan fingerprint density at radius 2 is 1.81 bits per heavy atom. The number of hydrogen-bond donors (Lipinski definition) is 3. The molecule has 0 aromatic rings. The lowest BCUT2D eigenvalue weighted by atomic mass is 9.44. The van der Waals surface area contributed by atoms with Gasteiger partial charge in [-0.05, 0) is 63.2 Å². The molecule has 12 atom stereocenters. The number of carbonyl (C=O) groups is 1. The van der Waals surface area contributed by atoms with Crippen LogP contribution in [0, 0.1) is 44.8 Å². The molecule has 4 saturated carbocycles. The van der Waals surface area contributed by atoms with Crippen LogP contribution in [0.1, 0.15) is 87.0 Å². The van der Waals surface area contributed by atoms with Crippen LogP contribution in [0.15, 0.2) is 11.6 Å². The number of rotatable bonds is 1. The summed E-state index contributed by atoms with van der Waals surface area (Å²) in [4.78, 5) is 12.9. The molecular weight excluding hydrogens is 456 g/mol. The Bertz CT molecular complexity index is 1090. The number of carbonyl (C=O) groups excluding carboxylic acids is 1. The van der Waals surface area contributed by atoms with E-state index >= 15 is 0 Å². The molecule has 2 heterocycles. The lowest BCUT2D eigenvalue weighted by Gasteiger charge is -2.60. The van der Waals surface area contributed by atoms with Crippen LogP contribution in [0.3, 0.4) is 0 Å². The molecule has 2 saturated heterocycles. The van der Waals surface area contributed by atoms with Gasteiger partial charge in [-0.1, -0.05) is 46.3 Å². The van der Waals surface area contributed by atoms with Crippen molar-refractivity contribution in [2.45, 2.75) is 123 Å². The van der Waals surface area contributed by atoms with E-state index in [1.54, 1.807) is 13.8 Å². The lowest BCUT2D eigenvalue weighted by Crippen LogP contribution is -2.60. The number of ether oxygens (including phenoxy) is 2. The molecule has 0 radical (unpaired) electrons. The summed E-state index contributed by atoms with van der Waals surface area (Å²) >= 11 is 0. The number of fused-ring (bicyclic) bond motifs is 4. The smallest absolute Gasteiger partial charge is 0.200 e. The molecule has 3 N–H and O–H groups in total. The van der Waals surface area contributed by atoms with Gasteiger partial charge in [0.1, 0.15) is 18.0 Å². The molecule has 5 aliphatic carbocycles. The first-order chi connectivity index (χ1) is 16.5. The highest BCUT2D eigenvalue weighted by Gasteiger charge is 2.88. The fourth-order valence-electron chi connectivity index (χ4n) is 11.7. The monoisotopic (exact) mass is 500 g/mol. The fourth-order valence-corrected chi connectivity index (χ4v) is 11.7. The van der Waals surface area contributed by atoms with Gasteiger partial charge in [-0.25, -0.2) is 0 Å². The lowest BCUT2D eigenvalue weighted by molar-refractivity contribution is -0.281. The number of ketones is 1. The largest absolute Gasteiger partial charge is 0.392 e. The molecule has 6 nitrogen and oxygen atoms in total. The molecule has 0 aromatic heterocycles. The third-order valence-corrected chi connectivity index (χ3v) is 13.3. The Morgan fingerprint density at radius 3 is 2.47 bits per heavy atom. The highest BCUT2D eigenvalue weighted by atomic mass is 16.8. The highest BCUT2D eigenvalue weighted by Crippen LogP contribution is 2.88. The molecule has 12 unspecified atom stereocenters. The van der Waals surface area contributed by atoms with Crippen LogP contribution in [0.5, 0.6) is 0 Å². The Hall–Kier alpha value is -0.790.